The number of ether oxygens (including phenoxy) is 5. The zero-order chi connectivity index (χ0) is 29.7. The first kappa shape index (κ1) is 33.2. The van der Waals surface area contributed by atoms with Crippen LogP contribution < -0.4 is 0 Å². The SMILES string of the molecule is COC(=O)CCC=CC1=C[C@H]2C[C@@H](OC3CCCCO3)[C@@H](/C=C\[C@H](C[C@H](C)CCC=C(C)C)OC3CCCCO3)[C@H]2C1. The van der Waals surface area contributed by atoms with Crippen LogP contribution in [0.3, 0.4) is 0 Å². The summed E-state index contributed by atoms with van der Waals surface area (Å²) in [6.07, 6.45) is 26.9. The maximum atomic E-state index is 11.5. The monoisotopic (exact) mass is 584 g/mol. The molecule has 8 atom stereocenters. The van der Waals surface area contributed by atoms with E-state index in [1.165, 1.54) is 37.5 Å². The zero-order valence-electron chi connectivity index (χ0n) is 26.6. The van der Waals surface area contributed by atoms with Gasteiger partial charge in [0.2, 0.25) is 0 Å². The van der Waals surface area contributed by atoms with Crippen LogP contribution in [0.5, 0.6) is 0 Å². The van der Waals surface area contributed by atoms with Crippen molar-refractivity contribution in [2.24, 2.45) is 23.7 Å². The molecule has 0 aromatic heterocycles. The Balaban J connectivity index is 1.44. The van der Waals surface area contributed by atoms with Gasteiger partial charge in [0.25, 0.3) is 0 Å². The second-order valence-electron chi connectivity index (χ2n) is 13.1. The molecule has 0 aromatic carbocycles. The predicted octanol–water partition coefficient (Wildman–Crippen LogP) is 8.23. The van der Waals surface area contributed by atoms with Gasteiger partial charge in [-0.2, -0.15) is 0 Å². The normalized spacial score (nSPS) is 31.2. The Bertz CT molecular complexity index is 935. The summed E-state index contributed by atoms with van der Waals surface area (Å²) in [4.78, 5) is 11.5. The molecule has 236 valence electrons. The number of carbonyl (C=O) groups excluding carboxylic acids is 1. The molecule has 6 nitrogen and oxygen atoms in total. The molecule has 0 spiro atoms. The van der Waals surface area contributed by atoms with Crippen molar-refractivity contribution in [2.45, 2.75) is 129 Å². The molecule has 0 aromatic rings. The molecular formula is C36H56O6. The van der Waals surface area contributed by atoms with Gasteiger partial charge in [-0.25, -0.2) is 0 Å². The summed E-state index contributed by atoms with van der Waals surface area (Å²) in [6, 6.07) is 0. The van der Waals surface area contributed by atoms with Gasteiger partial charge in [0.05, 0.1) is 19.3 Å². The quantitative estimate of drug-likeness (QED) is 0.143. The second kappa shape index (κ2) is 17.5. The molecule has 2 unspecified atom stereocenters. The highest BCUT2D eigenvalue weighted by Gasteiger charge is 2.45. The van der Waals surface area contributed by atoms with E-state index in [2.05, 4.69) is 57.2 Å². The van der Waals surface area contributed by atoms with Gasteiger partial charge in [-0.1, -0.05) is 54.5 Å². The maximum absolute atomic E-state index is 11.5. The van der Waals surface area contributed by atoms with Crippen LogP contribution >= 0.6 is 0 Å². The van der Waals surface area contributed by atoms with Crippen LogP contribution in [-0.4, -0.2) is 51.1 Å². The molecular weight excluding hydrogens is 528 g/mol. The third-order valence-corrected chi connectivity index (χ3v) is 9.28. The molecule has 4 aliphatic rings. The van der Waals surface area contributed by atoms with Gasteiger partial charge in [-0.05, 0) is 109 Å². The largest absolute Gasteiger partial charge is 0.469 e. The van der Waals surface area contributed by atoms with Crippen LogP contribution in [0.25, 0.3) is 0 Å². The second-order valence-corrected chi connectivity index (χ2v) is 13.1. The first-order valence-electron chi connectivity index (χ1n) is 16.7. The summed E-state index contributed by atoms with van der Waals surface area (Å²) in [7, 11) is 1.44. The van der Waals surface area contributed by atoms with Crippen molar-refractivity contribution in [3.05, 3.63) is 47.6 Å². The highest BCUT2D eigenvalue weighted by molar-refractivity contribution is 5.69. The molecule has 4 rings (SSSR count). The van der Waals surface area contributed by atoms with Crippen LogP contribution in [0.15, 0.2) is 47.6 Å². The predicted molar refractivity (Wildman–Crippen MR) is 167 cm³/mol. The molecule has 6 heteroatoms. The fourth-order valence-corrected chi connectivity index (χ4v) is 6.96. The van der Waals surface area contributed by atoms with E-state index >= 15 is 0 Å². The van der Waals surface area contributed by atoms with Gasteiger partial charge in [0.15, 0.2) is 12.6 Å². The minimum absolute atomic E-state index is 0.0347. The van der Waals surface area contributed by atoms with E-state index in [0.717, 1.165) is 64.6 Å². The van der Waals surface area contributed by atoms with Gasteiger partial charge in [0, 0.05) is 25.6 Å². The van der Waals surface area contributed by atoms with Crippen LogP contribution in [-0.2, 0) is 28.5 Å². The number of rotatable bonds is 15. The summed E-state index contributed by atoms with van der Waals surface area (Å²) in [5.41, 5.74) is 2.76. The fraction of sp³-hybridized carbons (Fsp3) is 0.750. The average molecular weight is 585 g/mol. The topological polar surface area (TPSA) is 63.2 Å². The third kappa shape index (κ3) is 10.8. The molecule has 2 aliphatic carbocycles. The summed E-state index contributed by atoms with van der Waals surface area (Å²) in [5, 5.41) is 0. The van der Waals surface area contributed by atoms with E-state index < -0.39 is 0 Å². The van der Waals surface area contributed by atoms with E-state index in [4.69, 9.17) is 23.7 Å². The lowest BCUT2D eigenvalue weighted by Gasteiger charge is -2.30. The van der Waals surface area contributed by atoms with Crippen LogP contribution in [0, 0.1) is 23.7 Å². The summed E-state index contributed by atoms with van der Waals surface area (Å²) in [5.74, 6) is 1.73. The first-order valence-corrected chi connectivity index (χ1v) is 16.7. The molecule has 2 aliphatic heterocycles. The van der Waals surface area contributed by atoms with E-state index in [-0.39, 0.29) is 30.8 Å². The number of carbonyl (C=O) groups is 1. The van der Waals surface area contributed by atoms with Crippen molar-refractivity contribution in [1.29, 1.82) is 0 Å². The lowest BCUT2D eigenvalue weighted by molar-refractivity contribution is -0.193. The van der Waals surface area contributed by atoms with E-state index in [1.807, 2.05) is 0 Å². The molecule has 2 heterocycles. The van der Waals surface area contributed by atoms with Crippen molar-refractivity contribution in [3.63, 3.8) is 0 Å². The molecule has 1 saturated carbocycles. The highest BCUT2D eigenvalue weighted by Crippen LogP contribution is 2.49. The van der Waals surface area contributed by atoms with Gasteiger partial charge in [0.1, 0.15) is 0 Å². The smallest absolute Gasteiger partial charge is 0.305 e. The van der Waals surface area contributed by atoms with Gasteiger partial charge >= 0.3 is 5.97 Å². The highest BCUT2D eigenvalue weighted by atomic mass is 16.7. The molecule has 42 heavy (non-hydrogen) atoms. The molecule has 2 saturated heterocycles. The summed E-state index contributed by atoms with van der Waals surface area (Å²) in [6.45, 7) is 8.29. The molecule has 0 amide bonds. The maximum Gasteiger partial charge on any atom is 0.305 e. The van der Waals surface area contributed by atoms with Gasteiger partial charge in [-0.3, -0.25) is 4.79 Å². The Morgan fingerprint density at radius 3 is 2.52 bits per heavy atom. The van der Waals surface area contributed by atoms with Crippen molar-refractivity contribution in [2.75, 3.05) is 20.3 Å². The number of hydrogen-bond donors (Lipinski definition) is 0. The molecule has 3 fully saturated rings. The molecule has 0 bridgehead atoms. The third-order valence-electron chi connectivity index (χ3n) is 9.28. The number of esters is 1. The zero-order valence-corrected chi connectivity index (χ0v) is 26.6. The van der Waals surface area contributed by atoms with Crippen molar-refractivity contribution in [1.82, 2.24) is 0 Å². The van der Waals surface area contributed by atoms with E-state index in [1.54, 1.807) is 0 Å². The number of fused-ring (bicyclic) bond motifs is 1. The average Bonchev–Trinajstić information content (AvgIpc) is 3.51. The first-order chi connectivity index (χ1) is 20.4. The molecule has 0 radical (unpaired) electrons. The van der Waals surface area contributed by atoms with E-state index in [9.17, 15) is 4.79 Å². The summed E-state index contributed by atoms with van der Waals surface area (Å²) < 4.78 is 30.1. The van der Waals surface area contributed by atoms with Crippen molar-refractivity contribution < 1.29 is 28.5 Å². The van der Waals surface area contributed by atoms with Crippen LogP contribution in [0.2, 0.25) is 0 Å². The molecule has 0 N–H and O–H groups in total. The Kier molecular flexibility index (Phi) is 13.8. The minimum atomic E-state index is -0.159. The van der Waals surface area contributed by atoms with E-state index in [0.29, 0.717) is 36.5 Å². The Morgan fingerprint density at radius 1 is 1.07 bits per heavy atom. The van der Waals surface area contributed by atoms with Crippen molar-refractivity contribution in [3.8, 4) is 0 Å². The number of allylic oxidation sites excluding steroid dienone is 6. The Morgan fingerprint density at radius 2 is 1.83 bits per heavy atom. The minimum Gasteiger partial charge on any atom is -0.469 e. The number of hydrogen-bond acceptors (Lipinski definition) is 6. The number of methoxy groups -OCH3 is 1. The standard InChI is InChI=1S/C36H56O6/c1-26(2)12-11-13-27(3)22-30(41-35-16-7-9-20-39-35)18-19-31-32-24-28(14-5-6-15-34(37)38-4)23-29(32)25-33(31)42-36-17-8-10-21-40-36/h5,12,14,18-19,23,27,29-33,35-36H,6-11,13,15-17,20-22,24-25H2,1-4H3/b14-5?,19-18-/t27-,29+,30-,31+,32+,33-,35?,36?/m1/s1. The van der Waals surface area contributed by atoms with Gasteiger partial charge < -0.3 is 23.7 Å². The van der Waals surface area contributed by atoms with Crippen LogP contribution in [0.1, 0.15) is 104 Å². The van der Waals surface area contributed by atoms with Crippen molar-refractivity contribution >= 4 is 5.97 Å². The Labute approximate surface area is 254 Å². The van der Waals surface area contributed by atoms with Gasteiger partial charge in [-0.15, -0.1) is 0 Å². The lowest BCUT2D eigenvalue weighted by Crippen LogP contribution is -2.31. The summed E-state index contributed by atoms with van der Waals surface area (Å²) >= 11 is 0. The van der Waals surface area contributed by atoms with Crippen LogP contribution in [0.4, 0.5) is 0 Å². The Hall–Kier alpha value is -1.73. The lowest BCUT2D eigenvalue weighted by atomic mass is 9.88. The fourth-order valence-electron chi connectivity index (χ4n) is 6.96.